The molecule has 3 N–H and O–H groups in total. The van der Waals surface area contributed by atoms with Crippen LogP contribution in [0, 0.1) is 6.92 Å². The molecule has 0 saturated heterocycles. The lowest BCUT2D eigenvalue weighted by molar-refractivity contribution is -0.130. The van der Waals surface area contributed by atoms with Crippen LogP contribution in [-0.4, -0.2) is 36.0 Å². The van der Waals surface area contributed by atoms with Gasteiger partial charge in [-0.15, -0.1) is 0 Å². The SMILES string of the molecule is CCC(C(=O)Nc1cc(O)c(NC(=O)C(F)(F)Cl)cc1Cl)S(=O)(=O)c1cccc(C)c1. The molecule has 2 amide bonds. The van der Waals surface area contributed by atoms with Crippen LogP contribution in [0.25, 0.3) is 0 Å². The van der Waals surface area contributed by atoms with Gasteiger partial charge in [-0.25, -0.2) is 8.42 Å². The maximum absolute atomic E-state index is 12.9. The van der Waals surface area contributed by atoms with E-state index in [1.807, 2.05) is 0 Å². The lowest BCUT2D eigenvalue weighted by atomic mass is 10.2. The Balaban J connectivity index is 2.29. The van der Waals surface area contributed by atoms with Crippen LogP contribution < -0.4 is 10.6 Å². The largest absolute Gasteiger partial charge is 0.506 e. The topological polar surface area (TPSA) is 113 Å². The van der Waals surface area contributed by atoms with Crippen LogP contribution in [-0.2, 0) is 19.4 Å². The van der Waals surface area contributed by atoms with Crippen molar-refractivity contribution in [2.45, 2.75) is 35.8 Å². The normalized spacial score (nSPS) is 12.8. The summed E-state index contributed by atoms with van der Waals surface area (Å²) in [6.07, 6.45) is -0.0509. The van der Waals surface area contributed by atoms with E-state index < -0.39 is 43.7 Å². The van der Waals surface area contributed by atoms with Gasteiger partial charge < -0.3 is 15.7 Å². The summed E-state index contributed by atoms with van der Waals surface area (Å²) in [5.41, 5.74) is 0.0369. The van der Waals surface area contributed by atoms with Crippen molar-refractivity contribution in [3.8, 4) is 5.75 Å². The van der Waals surface area contributed by atoms with Gasteiger partial charge >= 0.3 is 11.3 Å². The number of halogens is 4. The summed E-state index contributed by atoms with van der Waals surface area (Å²) >= 11 is 10.6. The summed E-state index contributed by atoms with van der Waals surface area (Å²) in [6, 6.07) is 7.87. The predicted molar refractivity (Wildman–Crippen MR) is 114 cm³/mol. The molecule has 0 bridgehead atoms. The fourth-order valence-electron chi connectivity index (χ4n) is 2.67. The smallest absolute Gasteiger partial charge is 0.400 e. The van der Waals surface area contributed by atoms with E-state index in [2.05, 4.69) is 16.9 Å². The molecule has 0 heterocycles. The number of sulfone groups is 1. The number of aryl methyl sites for hydroxylation is 1. The lowest BCUT2D eigenvalue weighted by Crippen LogP contribution is -2.35. The summed E-state index contributed by atoms with van der Waals surface area (Å²) in [5.74, 6) is -3.51. The van der Waals surface area contributed by atoms with Gasteiger partial charge in [0, 0.05) is 6.07 Å². The van der Waals surface area contributed by atoms with Gasteiger partial charge in [0.25, 0.3) is 0 Å². The summed E-state index contributed by atoms with van der Waals surface area (Å²) in [5, 5.41) is 8.05. The molecule has 0 aliphatic heterocycles. The molecule has 0 aliphatic rings. The van der Waals surface area contributed by atoms with Crippen LogP contribution in [0.4, 0.5) is 20.2 Å². The minimum atomic E-state index is -4.22. The third kappa shape index (κ3) is 5.84. The minimum Gasteiger partial charge on any atom is -0.506 e. The van der Waals surface area contributed by atoms with E-state index >= 15 is 0 Å². The van der Waals surface area contributed by atoms with Crippen LogP contribution in [0.15, 0.2) is 41.3 Å². The third-order valence-electron chi connectivity index (χ3n) is 4.20. The van der Waals surface area contributed by atoms with Crippen molar-refractivity contribution in [1.82, 2.24) is 0 Å². The summed E-state index contributed by atoms with van der Waals surface area (Å²) < 4.78 is 51.4. The molecule has 7 nitrogen and oxygen atoms in total. The monoisotopic (exact) mass is 494 g/mol. The molecule has 2 aromatic carbocycles. The van der Waals surface area contributed by atoms with E-state index in [1.54, 1.807) is 24.4 Å². The molecule has 1 atom stereocenters. The first-order chi connectivity index (χ1) is 14.3. The third-order valence-corrected chi connectivity index (χ3v) is 6.90. The average Bonchev–Trinajstić information content (AvgIpc) is 2.65. The molecule has 12 heteroatoms. The molecule has 0 saturated carbocycles. The van der Waals surface area contributed by atoms with E-state index in [1.165, 1.54) is 19.1 Å². The van der Waals surface area contributed by atoms with Gasteiger partial charge in [0.15, 0.2) is 9.84 Å². The number of alkyl halides is 3. The van der Waals surface area contributed by atoms with Crippen LogP contribution in [0.1, 0.15) is 18.9 Å². The molecule has 2 aromatic rings. The van der Waals surface area contributed by atoms with Gasteiger partial charge in [0.1, 0.15) is 11.0 Å². The summed E-state index contributed by atoms with van der Waals surface area (Å²) in [6.45, 7) is 3.23. The Bertz CT molecular complexity index is 1120. The molecular formula is C19H18Cl2F2N2O5S. The number of carbonyl (C=O) groups is 2. The Morgan fingerprint density at radius 1 is 1.16 bits per heavy atom. The Labute approximate surface area is 187 Å². The number of anilines is 2. The zero-order chi connectivity index (χ0) is 23.6. The van der Waals surface area contributed by atoms with Gasteiger partial charge in [0.05, 0.1) is 21.3 Å². The first kappa shape index (κ1) is 24.8. The maximum Gasteiger partial charge on any atom is 0.400 e. The van der Waals surface area contributed by atoms with Crippen molar-refractivity contribution in [3.63, 3.8) is 0 Å². The van der Waals surface area contributed by atoms with E-state index in [0.717, 1.165) is 12.1 Å². The van der Waals surface area contributed by atoms with Crippen molar-refractivity contribution in [2.24, 2.45) is 0 Å². The van der Waals surface area contributed by atoms with Gasteiger partial charge in [0.2, 0.25) is 5.91 Å². The highest BCUT2D eigenvalue weighted by Gasteiger charge is 2.36. The minimum absolute atomic E-state index is 0.0245. The van der Waals surface area contributed by atoms with E-state index in [9.17, 15) is 31.9 Å². The number of amides is 2. The van der Waals surface area contributed by atoms with Crippen LogP contribution in [0.5, 0.6) is 5.75 Å². The zero-order valence-electron chi connectivity index (χ0n) is 16.2. The lowest BCUT2D eigenvalue weighted by Gasteiger charge is -2.18. The van der Waals surface area contributed by atoms with Crippen molar-refractivity contribution < 1.29 is 31.9 Å². The predicted octanol–water partition coefficient (Wildman–Crippen LogP) is 4.32. The summed E-state index contributed by atoms with van der Waals surface area (Å²) in [7, 11) is -4.03. The number of aromatic hydroxyl groups is 1. The van der Waals surface area contributed by atoms with Crippen molar-refractivity contribution >= 4 is 56.2 Å². The fourth-order valence-corrected chi connectivity index (χ4v) is 4.65. The number of rotatable bonds is 7. The molecule has 168 valence electrons. The number of nitrogens with one attached hydrogen (secondary N) is 2. The molecular weight excluding hydrogens is 477 g/mol. The molecule has 2 rings (SSSR count). The first-order valence-electron chi connectivity index (χ1n) is 8.79. The number of hydrogen-bond donors (Lipinski definition) is 3. The van der Waals surface area contributed by atoms with Crippen LogP contribution >= 0.6 is 23.2 Å². The molecule has 0 fully saturated rings. The number of phenols is 1. The average molecular weight is 495 g/mol. The van der Waals surface area contributed by atoms with Crippen LogP contribution in [0.2, 0.25) is 5.02 Å². The fraction of sp³-hybridized carbons (Fsp3) is 0.263. The molecule has 31 heavy (non-hydrogen) atoms. The second-order valence-corrected chi connectivity index (χ2v) is 9.56. The Kier molecular flexibility index (Phi) is 7.51. The Morgan fingerprint density at radius 2 is 1.81 bits per heavy atom. The molecule has 0 aliphatic carbocycles. The molecule has 0 radical (unpaired) electrons. The zero-order valence-corrected chi connectivity index (χ0v) is 18.6. The second kappa shape index (κ2) is 9.37. The number of phenolic OH excluding ortho intramolecular Hbond substituents is 1. The van der Waals surface area contributed by atoms with E-state index in [-0.39, 0.29) is 22.0 Å². The highest BCUT2D eigenvalue weighted by atomic mass is 35.5. The molecule has 1 unspecified atom stereocenters. The van der Waals surface area contributed by atoms with Crippen LogP contribution in [0.3, 0.4) is 0 Å². The van der Waals surface area contributed by atoms with Crippen molar-refractivity contribution in [3.05, 3.63) is 47.0 Å². The van der Waals surface area contributed by atoms with Crippen molar-refractivity contribution in [2.75, 3.05) is 10.6 Å². The van der Waals surface area contributed by atoms with Crippen molar-refractivity contribution in [1.29, 1.82) is 0 Å². The van der Waals surface area contributed by atoms with Gasteiger partial charge in [-0.05, 0) is 48.7 Å². The maximum atomic E-state index is 12.9. The van der Waals surface area contributed by atoms with Gasteiger partial charge in [-0.2, -0.15) is 8.78 Å². The second-order valence-electron chi connectivity index (χ2n) is 6.55. The Hall–Kier alpha value is -2.43. The Morgan fingerprint density at radius 3 is 2.35 bits per heavy atom. The number of carbonyl (C=O) groups excluding carboxylic acids is 2. The highest BCUT2D eigenvalue weighted by Crippen LogP contribution is 2.35. The summed E-state index contributed by atoms with van der Waals surface area (Å²) in [4.78, 5) is 23.9. The highest BCUT2D eigenvalue weighted by molar-refractivity contribution is 7.92. The standard InChI is InChI=1S/C19H18Cl2F2N2O5S/c1-3-16(31(29,30)11-6-4-5-10(2)7-11)17(27)24-13-9-15(26)14(8-12(13)20)25-18(28)19(21,22)23/h4-9,16,26H,3H2,1-2H3,(H,24,27)(H,25,28). The molecule has 0 aromatic heterocycles. The first-order valence-corrected chi connectivity index (χ1v) is 11.1. The van der Waals surface area contributed by atoms with Gasteiger partial charge in [-0.3, -0.25) is 9.59 Å². The number of benzene rings is 2. The van der Waals surface area contributed by atoms with Gasteiger partial charge in [-0.1, -0.05) is 30.7 Å². The van der Waals surface area contributed by atoms with E-state index in [0.29, 0.717) is 5.56 Å². The molecule has 0 spiro atoms. The van der Waals surface area contributed by atoms with E-state index in [4.69, 9.17) is 11.6 Å². The quantitative estimate of drug-likeness (QED) is 0.392. The number of hydrogen-bond acceptors (Lipinski definition) is 5.